The van der Waals surface area contributed by atoms with Crippen molar-refractivity contribution >= 4 is 22.5 Å². The molecule has 3 aromatic carbocycles. The smallest absolute Gasteiger partial charge is 0.319 e. The number of benzene rings is 3. The lowest BCUT2D eigenvalue weighted by Gasteiger charge is -2.34. The first-order chi connectivity index (χ1) is 19.9. The van der Waals surface area contributed by atoms with Crippen molar-refractivity contribution < 1.29 is 24.5 Å². The van der Waals surface area contributed by atoms with Crippen molar-refractivity contribution in [3.05, 3.63) is 77.4 Å². The number of urea groups is 1. The van der Waals surface area contributed by atoms with Gasteiger partial charge >= 0.3 is 6.03 Å². The van der Waals surface area contributed by atoms with Crippen molar-refractivity contribution in [1.82, 2.24) is 4.57 Å². The van der Waals surface area contributed by atoms with E-state index in [1.165, 1.54) is 9.47 Å². The number of carbonyl (C=O) groups is 1. The number of anilines is 1. The highest BCUT2D eigenvalue weighted by atomic mass is 16.5. The van der Waals surface area contributed by atoms with Crippen LogP contribution < -0.4 is 15.4 Å². The second-order valence-corrected chi connectivity index (χ2v) is 12.3. The molecule has 6 rings (SSSR count). The molecule has 4 N–H and O–H groups in total. The molecule has 0 aliphatic carbocycles. The molecule has 216 valence electrons. The average molecular weight is 567 g/mol. The molecule has 0 unspecified atom stereocenters. The van der Waals surface area contributed by atoms with Crippen LogP contribution in [0.15, 0.2) is 60.7 Å². The first kappa shape index (κ1) is 27.5. The molecule has 1 fully saturated rings. The van der Waals surface area contributed by atoms with Crippen molar-refractivity contribution in [2.24, 2.45) is 5.73 Å². The Morgan fingerprint density at radius 3 is 2.48 bits per heavy atom. The maximum Gasteiger partial charge on any atom is 0.319 e. The van der Waals surface area contributed by atoms with Crippen LogP contribution in [-0.2, 0) is 15.9 Å². The third-order valence-corrected chi connectivity index (χ3v) is 8.54. The second kappa shape index (κ2) is 9.43. The molecule has 1 aromatic heterocycles. The Hall–Kier alpha value is -4.68. The van der Waals surface area contributed by atoms with E-state index in [2.05, 4.69) is 6.07 Å². The number of nitrogens with zero attached hydrogens (tertiary/aromatic N) is 3. The number of nitriles is 1. The van der Waals surface area contributed by atoms with Gasteiger partial charge in [-0.05, 0) is 64.8 Å². The topological polar surface area (TPSA) is 134 Å². The molecule has 42 heavy (non-hydrogen) atoms. The van der Waals surface area contributed by atoms with E-state index in [9.17, 15) is 20.3 Å². The van der Waals surface area contributed by atoms with Gasteiger partial charge in [0, 0.05) is 34.5 Å². The number of fused-ring (bicyclic) bond motifs is 6. The Morgan fingerprint density at radius 2 is 1.79 bits per heavy atom. The molecule has 4 aromatic rings. The lowest BCUT2D eigenvalue weighted by Crippen LogP contribution is -2.48. The molecule has 0 saturated carbocycles. The Kier molecular flexibility index (Phi) is 6.17. The van der Waals surface area contributed by atoms with Gasteiger partial charge in [0.1, 0.15) is 11.4 Å². The molecule has 3 heterocycles. The number of nitrogens with two attached hydrogens (primary N) is 1. The van der Waals surface area contributed by atoms with E-state index < -0.39 is 22.8 Å². The number of hydrogen-bond donors (Lipinski definition) is 3. The predicted octanol–water partition coefficient (Wildman–Crippen LogP) is 6.30. The van der Waals surface area contributed by atoms with E-state index >= 15 is 0 Å². The van der Waals surface area contributed by atoms with Gasteiger partial charge in [-0.1, -0.05) is 30.3 Å². The molecular weight excluding hydrogens is 532 g/mol. The largest absolute Gasteiger partial charge is 0.494 e. The minimum Gasteiger partial charge on any atom is -0.494 e. The zero-order valence-corrected chi connectivity index (χ0v) is 24.1. The third-order valence-electron chi connectivity index (χ3n) is 8.54. The van der Waals surface area contributed by atoms with E-state index in [-0.39, 0.29) is 18.4 Å². The number of primary amides is 1. The lowest BCUT2D eigenvalue weighted by atomic mass is 9.78. The van der Waals surface area contributed by atoms with Gasteiger partial charge in [0.25, 0.3) is 0 Å². The van der Waals surface area contributed by atoms with E-state index in [0.29, 0.717) is 53.1 Å². The molecule has 2 aliphatic heterocycles. The average Bonchev–Trinajstić information content (AvgIpc) is 3.51. The van der Waals surface area contributed by atoms with Gasteiger partial charge in [0.15, 0.2) is 0 Å². The predicted molar refractivity (Wildman–Crippen MR) is 159 cm³/mol. The van der Waals surface area contributed by atoms with Crippen molar-refractivity contribution in [3.8, 4) is 29.3 Å². The summed E-state index contributed by atoms with van der Waals surface area (Å²) in [6.07, 6.45) is 1.77. The Labute approximate surface area is 244 Å². The summed E-state index contributed by atoms with van der Waals surface area (Å²) < 4.78 is 14.2. The van der Waals surface area contributed by atoms with E-state index in [1.807, 2.05) is 70.2 Å². The van der Waals surface area contributed by atoms with E-state index in [4.69, 9.17) is 15.2 Å². The maximum absolute atomic E-state index is 12.2. The van der Waals surface area contributed by atoms with Crippen molar-refractivity contribution in [2.75, 3.05) is 11.5 Å². The number of carbonyl (C=O) groups excluding carboxylic acids is 1. The van der Waals surface area contributed by atoms with Crippen molar-refractivity contribution in [3.63, 3.8) is 0 Å². The zero-order chi connectivity index (χ0) is 30.0. The van der Waals surface area contributed by atoms with Gasteiger partial charge in [0.05, 0.1) is 40.7 Å². The number of rotatable bonds is 6. The Balaban J connectivity index is 1.33. The minimum atomic E-state index is -0.846. The Morgan fingerprint density at radius 1 is 1.07 bits per heavy atom. The fraction of sp³-hybridized carbons (Fsp3) is 0.333. The molecule has 2 bridgehead atoms. The third kappa shape index (κ3) is 4.05. The van der Waals surface area contributed by atoms with E-state index in [1.54, 1.807) is 18.2 Å². The summed E-state index contributed by atoms with van der Waals surface area (Å²) >= 11 is 0. The molecule has 0 spiro atoms. The van der Waals surface area contributed by atoms with Crippen LogP contribution in [0.2, 0.25) is 0 Å². The molecule has 9 nitrogen and oxygen atoms in total. The molecule has 1 saturated heterocycles. The summed E-state index contributed by atoms with van der Waals surface area (Å²) in [6.45, 7) is 7.94. The highest BCUT2D eigenvalue weighted by Gasteiger charge is 2.61. The van der Waals surface area contributed by atoms with Crippen LogP contribution in [0, 0.1) is 11.3 Å². The molecule has 2 atom stereocenters. The zero-order valence-electron chi connectivity index (χ0n) is 24.1. The van der Waals surface area contributed by atoms with Crippen LogP contribution >= 0.6 is 0 Å². The van der Waals surface area contributed by atoms with Gasteiger partial charge < -0.3 is 25.4 Å². The number of ether oxygens (including phenoxy) is 2. The molecule has 9 heteroatoms. The standard InChI is InChI=1S/C33H34N4O5/c1-31(2,3)37(30(35)40)21-8-7-9-22(18-21)41-17-16-33-15-14-32(4,42-33)26-27(33)29(39)36(28(26)38)25-13-12-20(19-34)23-10-5-6-11-24(23)25/h5-13,18,38-39H,14-17H2,1-4H3,(H2,35,40)/t32-,33-/m1/s1. The van der Waals surface area contributed by atoms with Gasteiger partial charge in [0.2, 0.25) is 11.8 Å². The lowest BCUT2D eigenvalue weighted by molar-refractivity contribution is -0.0876. The van der Waals surface area contributed by atoms with Crippen LogP contribution in [0.25, 0.3) is 16.5 Å². The number of aromatic hydroxyl groups is 2. The SMILES string of the molecule is CC(C)(C)N(C(N)=O)c1cccc(OCC[C@@]23CC[C@@](C)(O2)c2c3c(O)n(-c3ccc(C#N)c4ccccc34)c2O)c1. The van der Waals surface area contributed by atoms with Crippen LogP contribution in [0.4, 0.5) is 10.5 Å². The highest BCUT2D eigenvalue weighted by Crippen LogP contribution is 2.65. The highest BCUT2D eigenvalue weighted by molar-refractivity contribution is 5.95. The second-order valence-electron chi connectivity index (χ2n) is 12.3. The summed E-state index contributed by atoms with van der Waals surface area (Å²) in [7, 11) is 0. The minimum absolute atomic E-state index is 0.0659. The van der Waals surface area contributed by atoms with Crippen LogP contribution in [0.1, 0.15) is 63.6 Å². The molecule has 0 radical (unpaired) electrons. The first-order valence-electron chi connectivity index (χ1n) is 14.0. The number of aromatic nitrogens is 1. The van der Waals surface area contributed by atoms with Crippen LogP contribution in [0.5, 0.6) is 17.5 Å². The van der Waals surface area contributed by atoms with Crippen LogP contribution in [0.3, 0.4) is 0 Å². The Bertz CT molecular complexity index is 1780. The summed E-state index contributed by atoms with van der Waals surface area (Å²) in [5.74, 6) is 0.431. The van der Waals surface area contributed by atoms with Gasteiger partial charge in [-0.3, -0.25) is 9.47 Å². The van der Waals surface area contributed by atoms with Gasteiger partial charge in [-0.25, -0.2) is 4.79 Å². The molecule has 2 amide bonds. The maximum atomic E-state index is 12.2. The summed E-state index contributed by atoms with van der Waals surface area (Å²) in [5, 5.41) is 34.3. The van der Waals surface area contributed by atoms with Crippen LogP contribution in [-0.4, -0.2) is 33.0 Å². The summed E-state index contributed by atoms with van der Waals surface area (Å²) in [5.41, 5.74) is 6.44. The normalized spacial score (nSPS) is 20.8. The molecular formula is C33H34N4O5. The van der Waals surface area contributed by atoms with Gasteiger partial charge in [-0.2, -0.15) is 5.26 Å². The van der Waals surface area contributed by atoms with E-state index in [0.717, 1.165) is 10.8 Å². The van der Waals surface area contributed by atoms with Crippen molar-refractivity contribution in [1.29, 1.82) is 5.26 Å². The summed E-state index contributed by atoms with van der Waals surface area (Å²) in [6, 6.07) is 19.8. The monoisotopic (exact) mass is 566 g/mol. The first-order valence-corrected chi connectivity index (χ1v) is 14.0. The number of amides is 2. The molecule has 2 aliphatic rings. The van der Waals surface area contributed by atoms with Crippen molar-refractivity contribution in [2.45, 2.75) is 63.7 Å². The fourth-order valence-corrected chi connectivity index (χ4v) is 6.80. The number of hydrogen-bond acceptors (Lipinski definition) is 6. The fourth-order valence-electron chi connectivity index (χ4n) is 6.80. The summed E-state index contributed by atoms with van der Waals surface area (Å²) in [4.78, 5) is 13.7. The quantitative estimate of drug-likeness (QED) is 0.251. The van der Waals surface area contributed by atoms with Gasteiger partial charge in [-0.15, -0.1) is 0 Å².